The van der Waals surface area contributed by atoms with Crippen molar-refractivity contribution in [3.8, 4) is 0 Å². The number of aryl methyl sites for hydroxylation is 1. The molecule has 0 saturated heterocycles. The average Bonchev–Trinajstić information content (AvgIpc) is 2.36. The Bertz CT molecular complexity index is 404. The molecule has 5 heteroatoms. The molecule has 0 aromatic carbocycles. The lowest BCUT2D eigenvalue weighted by Crippen LogP contribution is -2.34. The number of thioether (sulfide) groups is 1. The molecule has 0 saturated carbocycles. The number of anilines is 1. The molecular weight excluding hydrogens is 234 g/mol. The summed E-state index contributed by atoms with van der Waals surface area (Å²) in [6, 6.07) is 0. The molecule has 4 nitrogen and oxygen atoms in total. The second-order valence-corrected chi connectivity index (χ2v) is 5.41. The van der Waals surface area contributed by atoms with Gasteiger partial charge in [0.2, 0.25) is 0 Å². The van der Waals surface area contributed by atoms with Crippen molar-refractivity contribution < 1.29 is 0 Å². The van der Waals surface area contributed by atoms with E-state index in [1.165, 1.54) is 4.57 Å². The highest BCUT2D eigenvalue weighted by Crippen LogP contribution is 2.30. The van der Waals surface area contributed by atoms with Crippen LogP contribution in [0.5, 0.6) is 0 Å². The van der Waals surface area contributed by atoms with Crippen LogP contribution in [-0.4, -0.2) is 27.1 Å². The number of nitrogens with zero attached hydrogens (tertiary/aromatic N) is 2. The number of rotatable bonds is 6. The van der Waals surface area contributed by atoms with Gasteiger partial charge in [-0.05, 0) is 19.1 Å². The molecule has 0 aliphatic carbocycles. The molecule has 0 bridgehead atoms. The highest BCUT2D eigenvalue weighted by molar-refractivity contribution is 8.00. The van der Waals surface area contributed by atoms with Crippen LogP contribution in [0.1, 0.15) is 26.7 Å². The quantitative estimate of drug-likeness (QED) is 0.846. The molecule has 1 N–H and O–H groups in total. The molecule has 1 aromatic rings. The summed E-state index contributed by atoms with van der Waals surface area (Å²) < 4.78 is 1.72. The zero-order valence-corrected chi connectivity index (χ0v) is 11.8. The number of hydrogen-bond acceptors (Lipinski definition) is 4. The summed E-state index contributed by atoms with van der Waals surface area (Å²) in [4.78, 5) is 15.9. The van der Waals surface area contributed by atoms with Crippen LogP contribution in [0.2, 0.25) is 0 Å². The summed E-state index contributed by atoms with van der Waals surface area (Å²) in [5.41, 5.74) is -0.0743. The van der Waals surface area contributed by atoms with Gasteiger partial charge in [-0.15, -0.1) is 0 Å². The van der Waals surface area contributed by atoms with E-state index in [1.807, 2.05) is 11.8 Å². The van der Waals surface area contributed by atoms with Crippen molar-refractivity contribution in [3.63, 3.8) is 0 Å². The maximum atomic E-state index is 11.8. The molecule has 0 aliphatic rings. The fraction of sp³-hybridized carbons (Fsp3) is 0.667. The maximum absolute atomic E-state index is 11.8. The van der Waals surface area contributed by atoms with E-state index >= 15 is 0 Å². The van der Waals surface area contributed by atoms with E-state index in [4.69, 9.17) is 0 Å². The van der Waals surface area contributed by atoms with E-state index < -0.39 is 0 Å². The summed E-state index contributed by atoms with van der Waals surface area (Å²) in [7, 11) is 1.73. The van der Waals surface area contributed by atoms with Gasteiger partial charge in [0.05, 0.1) is 0 Å². The third-order valence-corrected chi connectivity index (χ3v) is 4.90. The minimum Gasteiger partial charge on any atom is -0.364 e. The Kier molecular flexibility index (Phi) is 5.05. The fourth-order valence-electron chi connectivity index (χ4n) is 1.72. The average molecular weight is 255 g/mol. The maximum Gasteiger partial charge on any atom is 0.293 e. The topological polar surface area (TPSA) is 46.9 Å². The predicted molar refractivity (Wildman–Crippen MR) is 74.8 cm³/mol. The summed E-state index contributed by atoms with van der Waals surface area (Å²) in [5.74, 6) is 0.440. The molecule has 1 rings (SSSR count). The van der Waals surface area contributed by atoms with E-state index in [1.54, 1.807) is 19.4 Å². The van der Waals surface area contributed by atoms with Crippen molar-refractivity contribution in [3.05, 3.63) is 22.7 Å². The van der Waals surface area contributed by atoms with Gasteiger partial charge < -0.3 is 9.88 Å². The Labute approximate surface area is 107 Å². The number of aromatic nitrogens is 2. The van der Waals surface area contributed by atoms with Gasteiger partial charge in [0.1, 0.15) is 0 Å². The van der Waals surface area contributed by atoms with Gasteiger partial charge in [0.25, 0.3) is 5.56 Å². The Morgan fingerprint density at radius 1 is 1.47 bits per heavy atom. The smallest absolute Gasteiger partial charge is 0.293 e. The summed E-state index contributed by atoms with van der Waals surface area (Å²) in [5, 5.41) is 3.18. The van der Waals surface area contributed by atoms with Gasteiger partial charge in [0.15, 0.2) is 5.82 Å². The van der Waals surface area contributed by atoms with Crippen LogP contribution < -0.4 is 10.9 Å². The molecule has 0 amide bonds. The van der Waals surface area contributed by atoms with Crippen LogP contribution in [0.25, 0.3) is 0 Å². The minimum atomic E-state index is -0.0743. The Hall–Kier alpha value is -0.970. The molecular formula is C12H21N3OS. The normalized spacial score (nSPS) is 11.5. The van der Waals surface area contributed by atoms with Crippen LogP contribution in [0.4, 0.5) is 5.82 Å². The van der Waals surface area contributed by atoms with Crippen molar-refractivity contribution in [1.29, 1.82) is 0 Å². The third-order valence-electron chi connectivity index (χ3n) is 3.32. The second kappa shape index (κ2) is 6.10. The predicted octanol–water partition coefficient (Wildman–Crippen LogP) is 2.11. The van der Waals surface area contributed by atoms with E-state index in [0.717, 1.165) is 19.4 Å². The van der Waals surface area contributed by atoms with Gasteiger partial charge in [-0.1, -0.05) is 13.8 Å². The highest BCUT2D eigenvalue weighted by atomic mass is 32.2. The van der Waals surface area contributed by atoms with Crippen LogP contribution in [0.3, 0.4) is 0 Å². The first-order valence-electron chi connectivity index (χ1n) is 5.89. The fourth-order valence-corrected chi connectivity index (χ4v) is 2.52. The van der Waals surface area contributed by atoms with E-state index in [0.29, 0.717) is 5.82 Å². The second-order valence-electron chi connectivity index (χ2n) is 4.14. The van der Waals surface area contributed by atoms with Gasteiger partial charge in [-0.25, -0.2) is 4.98 Å². The zero-order chi connectivity index (χ0) is 12.9. The van der Waals surface area contributed by atoms with Crippen LogP contribution in [0.15, 0.2) is 17.2 Å². The Balaban J connectivity index is 2.79. The molecule has 1 aromatic heterocycles. The van der Waals surface area contributed by atoms with Crippen molar-refractivity contribution in [2.75, 3.05) is 18.1 Å². The molecule has 0 spiro atoms. The summed E-state index contributed by atoms with van der Waals surface area (Å²) >= 11 is 1.85. The zero-order valence-electron chi connectivity index (χ0n) is 11.0. The number of nitrogens with one attached hydrogen (secondary N) is 1. The van der Waals surface area contributed by atoms with Crippen molar-refractivity contribution >= 4 is 17.6 Å². The van der Waals surface area contributed by atoms with Gasteiger partial charge in [-0.2, -0.15) is 11.8 Å². The third kappa shape index (κ3) is 3.25. The molecule has 96 valence electrons. The van der Waals surface area contributed by atoms with Crippen molar-refractivity contribution in [2.45, 2.75) is 31.4 Å². The van der Waals surface area contributed by atoms with E-state index in [2.05, 4.69) is 30.4 Å². The van der Waals surface area contributed by atoms with Crippen LogP contribution >= 0.6 is 11.8 Å². The molecule has 1 heterocycles. The molecule has 17 heavy (non-hydrogen) atoms. The summed E-state index contributed by atoms with van der Waals surface area (Å²) in [6.07, 6.45) is 7.57. The standard InChI is InChI=1S/C12H21N3OS/c1-5-12(6-2,17-4)9-14-10-11(16)15(3)8-7-13-10/h7-8H,5-6,9H2,1-4H3,(H,13,14). The van der Waals surface area contributed by atoms with Crippen LogP contribution in [-0.2, 0) is 7.05 Å². The minimum absolute atomic E-state index is 0.0743. The molecule has 0 atom stereocenters. The monoisotopic (exact) mass is 255 g/mol. The first kappa shape index (κ1) is 14.1. The molecule has 0 unspecified atom stereocenters. The number of hydrogen-bond donors (Lipinski definition) is 1. The lowest BCUT2D eigenvalue weighted by Gasteiger charge is -2.29. The molecule has 0 aliphatic heterocycles. The van der Waals surface area contributed by atoms with Gasteiger partial charge in [0, 0.05) is 30.7 Å². The Morgan fingerprint density at radius 3 is 2.65 bits per heavy atom. The van der Waals surface area contributed by atoms with Crippen molar-refractivity contribution in [2.24, 2.45) is 7.05 Å². The first-order valence-corrected chi connectivity index (χ1v) is 7.11. The van der Waals surface area contributed by atoms with E-state index in [-0.39, 0.29) is 10.3 Å². The molecule has 0 radical (unpaired) electrons. The molecule has 0 fully saturated rings. The SMILES string of the molecule is CCC(CC)(CNc1nccn(C)c1=O)SC. The van der Waals surface area contributed by atoms with Crippen LogP contribution in [0, 0.1) is 0 Å². The van der Waals surface area contributed by atoms with Crippen molar-refractivity contribution in [1.82, 2.24) is 9.55 Å². The van der Waals surface area contributed by atoms with Gasteiger partial charge >= 0.3 is 0 Å². The Morgan fingerprint density at radius 2 is 2.12 bits per heavy atom. The largest absolute Gasteiger partial charge is 0.364 e. The first-order chi connectivity index (χ1) is 8.08. The highest BCUT2D eigenvalue weighted by Gasteiger charge is 2.24. The van der Waals surface area contributed by atoms with E-state index in [9.17, 15) is 4.79 Å². The summed E-state index contributed by atoms with van der Waals surface area (Å²) in [6.45, 7) is 5.13. The lowest BCUT2D eigenvalue weighted by molar-refractivity contribution is 0.573. The van der Waals surface area contributed by atoms with Gasteiger partial charge in [-0.3, -0.25) is 4.79 Å². The lowest BCUT2D eigenvalue weighted by atomic mass is 10.0.